The van der Waals surface area contributed by atoms with Crippen molar-refractivity contribution in [1.29, 1.82) is 0 Å². The van der Waals surface area contributed by atoms with Gasteiger partial charge in [0.25, 0.3) is 0 Å². The number of hydrogen-bond acceptors (Lipinski definition) is 9. The summed E-state index contributed by atoms with van der Waals surface area (Å²) in [6, 6.07) is 3.97. The van der Waals surface area contributed by atoms with E-state index in [1.807, 2.05) is 0 Å². The van der Waals surface area contributed by atoms with Crippen LogP contribution in [0.15, 0.2) is 35.3 Å². The zero-order valence-electron chi connectivity index (χ0n) is 17.4. The number of aromatic nitrogens is 2. The molecule has 6 atom stereocenters. The lowest BCUT2D eigenvalue weighted by molar-refractivity contribution is -0.138. The molecule has 5 N–H and O–H groups in total. The molecule has 2 unspecified atom stereocenters. The number of hydrogen-bond donors (Lipinski definition) is 4. The average Bonchev–Trinajstić information content (AvgIpc) is 3.03. The number of anilines is 1. The molecule has 2 aromatic rings. The zero-order chi connectivity index (χ0) is 25.2. The lowest BCUT2D eigenvalue weighted by atomic mass is 10.1. The van der Waals surface area contributed by atoms with Gasteiger partial charge in [-0.05, 0) is 31.2 Å². The monoisotopic (exact) mass is 556 g/mol. The molecule has 0 saturated carbocycles. The zero-order valence-corrected chi connectivity index (χ0v) is 20.6. The van der Waals surface area contributed by atoms with Crippen molar-refractivity contribution in [2.75, 3.05) is 12.3 Å². The van der Waals surface area contributed by atoms with Crippen LogP contribution in [0.3, 0.4) is 0 Å². The Kier molecular flexibility index (Phi) is 8.51. The third kappa shape index (κ3) is 6.22. The first-order valence-corrected chi connectivity index (χ1v) is 12.9. The molecule has 1 aromatic carbocycles. The molecule has 0 radical (unpaired) electrons. The number of nitrogen functional groups attached to an aromatic ring is 1. The molecule has 1 aliphatic rings. The van der Waals surface area contributed by atoms with Crippen molar-refractivity contribution in [3.63, 3.8) is 0 Å². The fourth-order valence-corrected chi connectivity index (χ4v) is 6.48. The summed E-state index contributed by atoms with van der Waals surface area (Å²) in [6.07, 6.45) is -2.25. The maximum Gasteiger partial charge on any atom is 0.459 e. The summed E-state index contributed by atoms with van der Waals surface area (Å²) in [5.41, 5.74) is 4.64. The van der Waals surface area contributed by atoms with Gasteiger partial charge < -0.3 is 20.5 Å². The number of carboxylic acids is 1. The van der Waals surface area contributed by atoms with E-state index in [4.69, 9.17) is 38.0 Å². The highest BCUT2D eigenvalue weighted by molar-refractivity contribution is 8.00. The quantitative estimate of drug-likeness (QED) is 0.335. The first-order chi connectivity index (χ1) is 15.9. The Labute approximate surface area is 206 Å². The SMILES string of the molecule is CC(NP(=O)(OC[C@H]1S[C@@H](n2ccc(N)nc2=O)[C@@H](F)[C@@H]1O)Oc1ccc(Cl)cc1Cl)C(=O)O. The fraction of sp³-hybridized carbons (Fsp3) is 0.389. The van der Waals surface area contributed by atoms with E-state index < -0.39 is 55.0 Å². The summed E-state index contributed by atoms with van der Waals surface area (Å²) >= 11 is 12.7. The average molecular weight is 557 g/mol. The fourth-order valence-electron chi connectivity index (χ4n) is 2.92. The van der Waals surface area contributed by atoms with E-state index in [0.29, 0.717) is 0 Å². The Balaban J connectivity index is 1.79. The number of carbonyl (C=O) groups is 1. The molecule has 16 heteroatoms. The minimum Gasteiger partial charge on any atom is -0.480 e. The van der Waals surface area contributed by atoms with Crippen LogP contribution in [-0.2, 0) is 13.9 Å². The number of rotatable bonds is 9. The van der Waals surface area contributed by atoms with Crippen LogP contribution in [0.2, 0.25) is 10.0 Å². The van der Waals surface area contributed by atoms with E-state index in [-0.39, 0.29) is 21.6 Å². The molecule has 0 spiro atoms. The number of aliphatic hydroxyl groups excluding tert-OH is 1. The van der Waals surface area contributed by atoms with Gasteiger partial charge in [0.15, 0.2) is 6.17 Å². The number of aliphatic hydroxyl groups is 1. The Morgan fingerprint density at radius 1 is 1.44 bits per heavy atom. The van der Waals surface area contributed by atoms with Crippen LogP contribution < -0.4 is 21.0 Å². The maximum atomic E-state index is 14.8. The largest absolute Gasteiger partial charge is 0.480 e. The number of alkyl halides is 1. The predicted octanol–water partition coefficient (Wildman–Crippen LogP) is 2.71. The van der Waals surface area contributed by atoms with Gasteiger partial charge in [0.1, 0.15) is 29.1 Å². The molecule has 1 aliphatic heterocycles. The lowest BCUT2D eigenvalue weighted by Crippen LogP contribution is -2.36. The topological polar surface area (TPSA) is 166 Å². The predicted molar refractivity (Wildman–Crippen MR) is 125 cm³/mol. The number of nitrogens with two attached hydrogens (primary N) is 1. The second-order valence-electron chi connectivity index (χ2n) is 7.19. The Hall–Kier alpha value is -1.86. The first-order valence-electron chi connectivity index (χ1n) is 9.62. The van der Waals surface area contributed by atoms with Crippen molar-refractivity contribution in [3.05, 3.63) is 51.0 Å². The van der Waals surface area contributed by atoms with Crippen molar-refractivity contribution >= 4 is 54.5 Å². The number of aliphatic carboxylic acids is 1. The molecule has 0 amide bonds. The number of halogens is 3. The van der Waals surface area contributed by atoms with Crippen molar-refractivity contribution < 1.29 is 33.0 Å². The third-order valence-corrected chi connectivity index (χ3v) is 8.35. The van der Waals surface area contributed by atoms with Gasteiger partial charge in [-0.3, -0.25) is 13.9 Å². The highest BCUT2D eigenvalue weighted by Crippen LogP contribution is 2.50. The van der Waals surface area contributed by atoms with Crippen LogP contribution in [0.25, 0.3) is 0 Å². The van der Waals surface area contributed by atoms with Gasteiger partial charge in [-0.1, -0.05) is 23.2 Å². The molecule has 2 heterocycles. The Morgan fingerprint density at radius 2 is 2.15 bits per heavy atom. The van der Waals surface area contributed by atoms with Crippen LogP contribution in [0.1, 0.15) is 12.3 Å². The van der Waals surface area contributed by atoms with Gasteiger partial charge in [-0.25, -0.2) is 13.8 Å². The lowest BCUT2D eigenvalue weighted by Gasteiger charge is -2.24. The highest BCUT2D eigenvalue weighted by atomic mass is 35.5. The van der Waals surface area contributed by atoms with Crippen LogP contribution >= 0.6 is 42.7 Å². The van der Waals surface area contributed by atoms with Gasteiger partial charge >= 0.3 is 19.4 Å². The van der Waals surface area contributed by atoms with Gasteiger partial charge in [0.2, 0.25) is 0 Å². The first kappa shape index (κ1) is 26.7. The van der Waals surface area contributed by atoms with Crippen molar-refractivity contribution in [3.8, 4) is 5.75 Å². The summed E-state index contributed by atoms with van der Waals surface area (Å²) in [5, 5.41) is 19.9. The summed E-state index contributed by atoms with van der Waals surface area (Å²) in [4.78, 5) is 26.9. The minimum atomic E-state index is -4.40. The molecule has 1 saturated heterocycles. The summed E-state index contributed by atoms with van der Waals surface area (Å²) < 4.78 is 39.9. The molecular weight excluding hydrogens is 537 g/mol. The second-order valence-corrected chi connectivity index (χ2v) is 11.1. The molecule has 0 aliphatic carbocycles. The van der Waals surface area contributed by atoms with Gasteiger partial charge in [0, 0.05) is 11.2 Å². The third-order valence-electron chi connectivity index (χ3n) is 4.66. The maximum absolute atomic E-state index is 14.8. The van der Waals surface area contributed by atoms with E-state index in [1.54, 1.807) is 0 Å². The molecule has 3 rings (SSSR count). The van der Waals surface area contributed by atoms with Crippen LogP contribution in [0.4, 0.5) is 10.2 Å². The van der Waals surface area contributed by atoms with E-state index in [1.165, 1.54) is 37.4 Å². The van der Waals surface area contributed by atoms with E-state index >= 15 is 0 Å². The number of nitrogens with one attached hydrogen (secondary N) is 1. The second kappa shape index (κ2) is 10.8. The van der Waals surface area contributed by atoms with Gasteiger partial charge in [-0.2, -0.15) is 10.1 Å². The summed E-state index contributed by atoms with van der Waals surface area (Å²) in [7, 11) is -4.40. The molecule has 11 nitrogen and oxygen atoms in total. The molecule has 186 valence electrons. The number of thioether (sulfide) groups is 1. The van der Waals surface area contributed by atoms with Crippen molar-refractivity contribution in [2.45, 2.75) is 35.9 Å². The van der Waals surface area contributed by atoms with Gasteiger partial charge in [0.05, 0.1) is 16.9 Å². The number of benzene rings is 1. The molecule has 0 bridgehead atoms. The van der Waals surface area contributed by atoms with E-state index in [2.05, 4.69) is 10.1 Å². The number of nitrogens with zero attached hydrogens (tertiary/aromatic N) is 2. The standard InChI is InChI=1S/C18H20Cl2FN4O7PS/c1-8(17(27)28)24-33(30,32-11-3-2-9(19)6-10(11)20)31-7-12-15(26)14(21)16(34-12)25-5-4-13(22)23-18(25)29/h2-6,8,12,14-16,26H,7H2,1H3,(H,24,30)(H,27,28)(H2,22,23,29)/t8?,12-,14+,15-,16-,33?/m1/s1. The Bertz CT molecular complexity index is 1180. The van der Waals surface area contributed by atoms with Crippen LogP contribution in [0, 0.1) is 0 Å². The van der Waals surface area contributed by atoms with Crippen molar-refractivity contribution in [2.24, 2.45) is 0 Å². The van der Waals surface area contributed by atoms with E-state index in [9.17, 15) is 28.8 Å². The van der Waals surface area contributed by atoms with Gasteiger partial charge in [-0.15, -0.1) is 11.8 Å². The minimum absolute atomic E-state index is 0.0181. The molecule has 1 fully saturated rings. The normalized spacial score (nSPS) is 25.0. The summed E-state index contributed by atoms with van der Waals surface area (Å²) in [5.74, 6) is -1.50. The molecular formula is C18H20Cl2FN4O7PS. The molecule has 1 aromatic heterocycles. The summed E-state index contributed by atoms with van der Waals surface area (Å²) in [6.45, 7) is 0.681. The van der Waals surface area contributed by atoms with Crippen LogP contribution in [0.5, 0.6) is 5.75 Å². The van der Waals surface area contributed by atoms with Crippen molar-refractivity contribution in [1.82, 2.24) is 14.6 Å². The smallest absolute Gasteiger partial charge is 0.459 e. The van der Waals surface area contributed by atoms with Crippen LogP contribution in [-0.4, -0.2) is 55.9 Å². The molecule has 34 heavy (non-hydrogen) atoms. The Morgan fingerprint density at radius 3 is 2.76 bits per heavy atom. The highest BCUT2D eigenvalue weighted by Gasteiger charge is 2.46. The number of carboxylic acid groups (broad SMARTS) is 1. The van der Waals surface area contributed by atoms with E-state index in [0.717, 1.165) is 16.3 Å².